The Labute approximate surface area is 139 Å². The molecule has 0 saturated carbocycles. The van der Waals surface area contributed by atoms with Crippen LogP contribution in [-0.2, 0) is 19.4 Å². The van der Waals surface area contributed by atoms with Gasteiger partial charge in [0.15, 0.2) is 15.9 Å². The number of aromatic nitrogens is 1. The third-order valence-electron chi connectivity index (χ3n) is 3.98. The van der Waals surface area contributed by atoms with Crippen molar-refractivity contribution in [2.24, 2.45) is 0 Å². The lowest BCUT2D eigenvalue weighted by atomic mass is 10.2. The molecule has 0 unspecified atom stereocenters. The Kier molecular flexibility index (Phi) is 4.31. The summed E-state index contributed by atoms with van der Waals surface area (Å²) in [7, 11) is -3.08. The number of carbonyl (C=O) groups excluding carboxylic acids is 2. The average Bonchev–Trinajstić information content (AvgIpc) is 3.10. The molecular formula is C16H18N2O5S. The highest BCUT2D eigenvalue weighted by Gasteiger charge is 2.30. The maximum atomic E-state index is 12.1. The van der Waals surface area contributed by atoms with Crippen LogP contribution in [0.5, 0.6) is 0 Å². The molecule has 24 heavy (non-hydrogen) atoms. The number of aromatic amines is 1. The van der Waals surface area contributed by atoms with Crippen molar-refractivity contribution < 1.29 is 22.7 Å². The van der Waals surface area contributed by atoms with Crippen molar-refractivity contribution in [2.45, 2.75) is 25.5 Å². The van der Waals surface area contributed by atoms with Crippen molar-refractivity contribution >= 4 is 32.6 Å². The summed E-state index contributed by atoms with van der Waals surface area (Å²) in [5.41, 5.74) is 1.07. The standard InChI is InChI=1S/C16H18N2O5S/c1-10(15(19)17-12-6-7-24(21,22)9-12)23-16(20)14-8-11-4-2-3-5-13(11)18-14/h2-5,8,10,12,18H,6-7,9H2,1H3,(H,17,19)/t10-,12-/m0/s1. The highest BCUT2D eigenvalue weighted by atomic mass is 32.2. The van der Waals surface area contributed by atoms with E-state index in [2.05, 4.69) is 10.3 Å². The summed E-state index contributed by atoms with van der Waals surface area (Å²) < 4.78 is 28.0. The van der Waals surface area contributed by atoms with E-state index in [0.29, 0.717) is 6.42 Å². The van der Waals surface area contributed by atoms with Gasteiger partial charge in [-0.25, -0.2) is 13.2 Å². The van der Waals surface area contributed by atoms with Crippen molar-refractivity contribution in [2.75, 3.05) is 11.5 Å². The summed E-state index contributed by atoms with van der Waals surface area (Å²) >= 11 is 0. The smallest absolute Gasteiger partial charge is 0.355 e. The van der Waals surface area contributed by atoms with Crippen molar-refractivity contribution in [3.05, 3.63) is 36.0 Å². The lowest BCUT2D eigenvalue weighted by Crippen LogP contribution is -2.42. The fraction of sp³-hybridized carbons (Fsp3) is 0.375. The molecule has 7 nitrogen and oxygen atoms in total. The number of rotatable bonds is 4. The molecule has 2 atom stereocenters. The van der Waals surface area contributed by atoms with Crippen molar-refractivity contribution in [1.29, 1.82) is 0 Å². The fourth-order valence-electron chi connectivity index (χ4n) is 2.69. The van der Waals surface area contributed by atoms with Crippen LogP contribution in [0.2, 0.25) is 0 Å². The van der Waals surface area contributed by atoms with Crippen LogP contribution in [0.4, 0.5) is 0 Å². The molecule has 1 aliphatic heterocycles. The van der Waals surface area contributed by atoms with E-state index >= 15 is 0 Å². The minimum absolute atomic E-state index is 0.0680. The van der Waals surface area contributed by atoms with Crippen LogP contribution < -0.4 is 5.32 Å². The van der Waals surface area contributed by atoms with E-state index in [-0.39, 0.29) is 17.2 Å². The van der Waals surface area contributed by atoms with E-state index in [9.17, 15) is 18.0 Å². The third-order valence-corrected chi connectivity index (χ3v) is 5.75. The van der Waals surface area contributed by atoms with E-state index in [1.165, 1.54) is 6.92 Å². The molecule has 1 aromatic heterocycles. The molecule has 2 aromatic rings. The number of hydrogen-bond acceptors (Lipinski definition) is 5. The normalized spacial score (nSPS) is 20.6. The molecule has 128 valence electrons. The predicted octanol–water partition coefficient (Wildman–Crippen LogP) is 1.02. The number of ether oxygens (including phenoxy) is 1. The van der Waals surface area contributed by atoms with E-state index in [4.69, 9.17) is 4.74 Å². The topological polar surface area (TPSA) is 105 Å². The number of para-hydroxylation sites is 1. The van der Waals surface area contributed by atoms with Crippen LogP contribution >= 0.6 is 0 Å². The van der Waals surface area contributed by atoms with Crippen molar-refractivity contribution in [3.63, 3.8) is 0 Å². The number of sulfone groups is 1. The Morgan fingerprint density at radius 2 is 2.08 bits per heavy atom. The summed E-state index contributed by atoms with van der Waals surface area (Å²) in [4.78, 5) is 27.1. The molecular weight excluding hydrogens is 332 g/mol. The van der Waals surface area contributed by atoms with Crippen LogP contribution in [-0.4, -0.2) is 48.9 Å². The molecule has 2 heterocycles. The summed E-state index contributed by atoms with van der Waals surface area (Å²) in [6.07, 6.45) is -0.622. The van der Waals surface area contributed by atoms with Crippen LogP contribution in [0.1, 0.15) is 23.8 Å². The van der Waals surface area contributed by atoms with Crippen molar-refractivity contribution in [3.8, 4) is 0 Å². The van der Waals surface area contributed by atoms with Gasteiger partial charge in [0.25, 0.3) is 5.91 Å². The zero-order chi connectivity index (χ0) is 17.3. The van der Waals surface area contributed by atoms with Gasteiger partial charge in [-0.3, -0.25) is 4.79 Å². The number of nitrogens with one attached hydrogen (secondary N) is 2. The second kappa shape index (κ2) is 6.27. The van der Waals surface area contributed by atoms with Gasteiger partial charge in [0.05, 0.1) is 11.5 Å². The second-order valence-electron chi connectivity index (χ2n) is 5.93. The highest BCUT2D eigenvalue weighted by molar-refractivity contribution is 7.91. The van der Waals surface area contributed by atoms with Gasteiger partial charge in [-0.2, -0.15) is 0 Å². The third kappa shape index (κ3) is 3.59. The molecule has 1 saturated heterocycles. The van der Waals surface area contributed by atoms with Gasteiger partial charge >= 0.3 is 5.97 Å². The quantitative estimate of drug-likeness (QED) is 0.801. The molecule has 0 aliphatic carbocycles. The zero-order valence-corrected chi connectivity index (χ0v) is 13.9. The van der Waals surface area contributed by atoms with Crippen LogP contribution in [0, 0.1) is 0 Å². The first-order chi connectivity index (χ1) is 11.3. The van der Waals surface area contributed by atoms with Gasteiger partial charge in [0, 0.05) is 16.9 Å². The lowest BCUT2D eigenvalue weighted by Gasteiger charge is -2.16. The Hall–Kier alpha value is -2.35. The van der Waals surface area contributed by atoms with E-state index in [1.807, 2.05) is 24.3 Å². The lowest BCUT2D eigenvalue weighted by molar-refractivity contribution is -0.129. The molecule has 8 heteroatoms. The number of hydrogen-bond donors (Lipinski definition) is 2. The molecule has 0 radical (unpaired) electrons. The highest BCUT2D eigenvalue weighted by Crippen LogP contribution is 2.16. The Bertz CT molecular complexity index is 854. The minimum Gasteiger partial charge on any atom is -0.448 e. The monoisotopic (exact) mass is 350 g/mol. The molecule has 1 aromatic carbocycles. The zero-order valence-electron chi connectivity index (χ0n) is 13.1. The van der Waals surface area contributed by atoms with Gasteiger partial charge in [0.1, 0.15) is 5.69 Å². The summed E-state index contributed by atoms with van der Waals surface area (Å²) in [6.45, 7) is 1.46. The number of esters is 1. The number of benzene rings is 1. The first-order valence-corrected chi connectivity index (χ1v) is 9.46. The maximum absolute atomic E-state index is 12.1. The SMILES string of the molecule is C[C@H](OC(=O)c1cc2ccccc2[nH]1)C(=O)N[C@H]1CCS(=O)(=O)C1. The number of H-pyrrole nitrogens is 1. The number of carbonyl (C=O) groups is 2. The average molecular weight is 350 g/mol. The van der Waals surface area contributed by atoms with Gasteiger partial charge in [0.2, 0.25) is 0 Å². The summed E-state index contributed by atoms with van der Waals surface area (Å²) in [5, 5.41) is 3.49. The van der Waals surface area contributed by atoms with Gasteiger partial charge < -0.3 is 15.0 Å². The summed E-state index contributed by atoms with van der Waals surface area (Å²) in [6, 6.07) is 8.64. The van der Waals surface area contributed by atoms with E-state index in [1.54, 1.807) is 6.07 Å². The Morgan fingerprint density at radius 1 is 1.33 bits per heavy atom. The van der Waals surface area contributed by atoms with Crippen LogP contribution in [0.3, 0.4) is 0 Å². The molecule has 2 N–H and O–H groups in total. The van der Waals surface area contributed by atoms with Gasteiger partial charge in [-0.05, 0) is 25.5 Å². The van der Waals surface area contributed by atoms with Gasteiger partial charge in [-0.15, -0.1) is 0 Å². The fourth-order valence-corrected chi connectivity index (χ4v) is 4.36. The maximum Gasteiger partial charge on any atom is 0.355 e. The van der Waals surface area contributed by atoms with Crippen molar-refractivity contribution in [1.82, 2.24) is 10.3 Å². The number of amides is 1. The first-order valence-electron chi connectivity index (χ1n) is 7.63. The van der Waals surface area contributed by atoms with E-state index < -0.39 is 33.9 Å². The molecule has 1 fully saturated rings. The Balaban J connectivity index is 1.60. The molecule has 1 aliphatic rings. The van der Waals surface area contributed by atoms with Crippen LogP contribution in [0.25, 0.3) is 10.9 Å². The predicted molar refractivity (Wildman–Crippen MR) is 88.4 cm³/mol. The Morgan fingerprint density at radius 3 is 2.75 bits per heavy atom. The molecule has 0 bridgehead atoms. The largest absolute Gasteiger partial charge is 0.448 e. The molecule has 1 amide bonds. The minimum atomic E-state index is -3.08. The first kappa shape index (κ1) is 16.5. The second-order valence-corrected chi connectivity index (χ2v) is 8.16. The van der Waals surface area contributed by atoms with Gasteiger partial charge in [-0.1, -0.05) is 18.2 Å². The molecule has 3 rings (SSSR count). The number of fused-ring (bicyclic) bond motifs is 1. The van der Waals surface area contributed by atoms with Crippen LogP contribution in [0.15, 0.2) is 30.3 Å². The summed E-state index contributed by atoms with van der Waals surface area (Å²) in [5.74, 6) is -1.13. The van der Waals surface area contributed by atoms with E-state index in [0.717, 1.165) is 10.9 Å². The molecule has 0 spiro atoms.